The molecule has 0 spiro atoms. The summed E-state index contributed by atoms with van der Waals surface area (Å²) in [6.45, 7) is 5.43. The zero-order valence-corrected chi connectivity index (χ0v) is 12.4. The van der Waals surface area contributed by atoms with E-state index in [0.717, 1.165) is 11.0 Å². The molecule has 1 atom stereocenters. The molecule has 90 valence electrons. The lowest BCUT2D eigenvalue weighted by Crippen LogP contribution is -2.26. The molecule has 0 aromatic heterocycles. The molecule has 0 saturated heterocycles. The molecular formula is C13H20BrNS. The third-order valence-electron chi connectivity index (χ3n) is 2.44. The van der Waals surface area contributed by atoms with E-state index in [9.17, 15) is 0 Å². The molecule has 0 saturated carbocycles. The van der Waals surface area contributed by atoms with Crippen molar-refractivity contribution in [1.29, 1.82) is 0 Å². The fraction of sp³-hybridized carbons (Fsp3) is 0.538. The summed E-state index contributed by atoms with van der Waals surface area (Å²) in [5, 5.41) is 3.55. The number of halogens is 1. The summed E-state index contributed by atoms with van der Waals surface area (Å²) < 4.78 is 1.15. The van der Waals surface area contributed by atoms with Crippen LogP contribution in [-0.4, -0.2) is 17.5 Å². The van der Waals surface area contributed by atoms with Crippen LogP contribution in [0.4, 0.5) is 0 Å². The highest BCUT2D eigenvalue weighted by molar-refractivity contribution is 9.10. The van der Waals surface area contributed by atoms with E-state index in [1.165, 1.54) is 23.5 Å². The predicted octanol–water partition coefficient (Wildman–Crippen LogP) is 4.07. The fourth-order valence-corrected chi connectivity index (χ4v) is 2.70. The van der Waals surface area contributed by atoms with Gasteiger partial charge in [-0.3, -0.25) is 0 Å². The summed E-state index contributed by atoms with van der Waals surface area (Å²) in [6.07, 6.45) is 1.24. The molecule has 1 aromatic rings. The van der Waals surface area contributed by atoms with Crippen LogP contribution >= 0.6 is 27.7 Å². The second-order valence-corrected chi connectivity index (χ2v) is 6.21. The smallest absolute Gasteiger partial charge is 0.0208 e. The molecule has 0 radical (unpaired) electrons. The Hall–Kier alpha value is 0.01000. The molecule has 0 aliphatic rings. The van der Waals surface area contributed by atoms with Gasteiger partial charge in [0.2, 0.25) is 0 Å². The first kappa shape index (κ1) is 14.1. The largest absolute Gasteiger partial charge is 0.310 e. The summed E-state index contributed by atoms with van der Waals surface area (Å²) in [4.78, 5) is 0. The van der Waals surface area contributed by atoms with Gasteiger partial charge in [0.1, 0.15) is 0 Å². The lowest BCUT2D eigenvalue weighted by atomic mass is 10.2. The highest BCUT2D eigenvalue weighted by Crippen LogP contribution is 2.12. The van der Waals surface area contributed by atoms with Crippen molar-refractivity contribution in [3.05, 3.63) is 34.3 Å². The molecule has 16 heavy (non-hydrogen) atoms. The summed E-state index contributed by atoms with van der Waals surface area (Å²) >= 11 is 5.50. The summed E-state index contributed by atoms with van der Waals surface area (Å²) in [5.41, 5.74) is 1.34. The third-order valence-corrected chi connectivity index (χ3v) is 3.87. The van der Waals surface area contributed by atoms with Gasteiger partial charge in [0.25, 0.3) is 0 Å². The minimum Gasteiger partial charge on any atom is -0.310 e. The molecule has 3 heteroatoms. The lowest BCUT2D eigenvalue weighted by Gasteiger charge is -2.13. The fourth-order valence-electron chi connectivity index (χ4n) is 1.45. The highest BCUT2D eigenvalue weighted by Gasteiger charge is 2.01. The minimum atomic E-state index is 0.595. The van der Waals surface area contributed by atoms with Gasteiger partial charge in [-0.2, -0.15) is 11.8 Å². The van der Waals surface area contributed by atoms with Crippen LogP contribution in [0.5, 0.6) is 0 Å². The number of hydrogen-bond acceptors (Lipinski definition) is 2. The lowest BCUT2D eigenvalue weighted by molar-refractivity contribution is 0.537. The summed E-state index contributed by atoms with van der Waals surface area (Å²) in [6, 6.07) is 9.06. The molecule has 1 nitrogen and oxygen atoms in total. The van der Waals surface area contributed by atoms with Crippen molar-refractivity contribution in [2.75, 3.05) is 11.5 Å². The Morgan fingerprint density at radius 3 is 2.94 bits per heavy atom. The van der Waals surface area contributed by atoms with Gasteiger partial charge in [-0.05, 0) is 42.5 Å². The number of benzene rings is 1. The highest BCUT2D eigenvalue weighted by atomic mass is 79.9. The Balaban J connectivity index is 2.23. The molecule has 0 amide bonds. The molecule has 0 aliphatic carbocycles. The Labute approximate surface area is 112 Å². The Morgan fingerprint density at radius 2 is 2.25 bits per heavy atom. The monoisotopic (exact) mass is 301 g/mol. The van der Waals surface area contributed by atoms with E-state index in [1.807, 2.05) is 11.8 Å². The first-order valence-corrected chi connectivity index (χ1v) is 7.72. The molecule has 1 N–H and O–H groups in total. The van der Waals surface area contributed by atoms with Crippen molar-refractivity contribution in [2.45, 2.75) is 32.9 Å². The Kier molecular flexibility index (Phi) is 7.17. The second-order valence-electron chi connectivity index (χ2n) is 3.90. The van der Waals surface area contributed by atoms with Crippen LogP contribution in [0.25, 0.3) is 0 Å². The average molecular weight is 302 g/mol. The summed E-state index contributed by atoms with van der Waals surface area (Å²) in [5.74, 6) is 2.47. The van der Waals surface area contributed by atoms with Gasteiger partial charge in [0.05, 0.1) is 0 Å². The van der Waals surface area contributed by atoms with Crippen LogP contribution in [0.2, 0.25) is 0 Å². The van der Waals surface area contributed by atoms with E-state index in [0.29, 0.717) is 6.04 Å². The van der Waals surface area contributed by atoms with Crippen LogP contribution < -0.4 is 5.32 Å². The van der Waals surface area contributed by atoms with E-state index in [2.05, 4.69) is 59.4 Å². The number of thioether (sulfide) groups is 1. The molecule has 0 aliphatic heterocycles. The van der Waals surface area contributed by atoms with Crippen molar-refractivity contribution in [3.8, 4) is 0 Å². The quantitative estimate of drug-likeness (QED) is 0.762. The van der Waals surface area contributed by atoms with Crippen molar-refractivity contribution in [2.24, 2.45) is 0 Å². The van der Waals surface area contributed by atoms with Gasteiger partial charge in [-0.25, -0.2) is 0 Å². The van der Waals surface area contributed by atoms with Crippen LogP contribution in [0, 0.1) is 0 Å². The second kappa shape index (κ2) is 8.15. The SMILES string of the molecule is CCSCCC(C)NCc1cccc(Br)c1. The zero-order chi connectivity index (χ0) is 11.8. The van der Waals surface area contributed by atoms with Crippen molar-refractivity contribution < 1.29 is 0 Å². The normalized spacial score (nSPS) is 12.7. The van der Waals surface area contributed by atoms with E-state index in [1.54, 1.807) is 0 Å². The van der Waals surface area contributed by atoms with Gasteiger partial charge < -0.3 is 5.32 Å². The Bertz CT molecular complexity index is 304. The number of hydrogen-bond donors (Lipinski definition) is 1. The molecule has 0 fully saturated rings. The average Bonchev–Trinajstić information content (AvgIpc) is 2.27. The van der Waals surface area contributed by atoms with Crippen LogP contribution in [0.3, 0.4) is 0 Å². The van der Waals surface area contributed by atoms with E-state index < -0.39 is 0 Å². The van der Waals surface area contributed by atoms with Gasteiger partial charge >= 0.3 is 0 Å². The number of rotatable bonds is 7. The maximum absolute atomic E-state index is 3.55. The van der Waals surface area contributed by atoms with E-state index in [-0.39, 0.29) is 0 Å². The Morgan fingerprint density at radius 1 is 1.44 bits per heavy atom. The van der Waals surface area contributed by atoms with E-state index in [4.69, 9.17) is 0 Å². The van der Waals surface area contributed by atoms with Gasteiger partial charge in [-0.1, -0.05) is 35.0 Å². The van der Waals surface area contributed by atoms with E-state index >= 15 is 0 Å². The maximum atomic E-state index is 3.55. The van der Waals surface area contributed by atoms with Crippen molar-refractivity contribution >= 4 is 27.7 Å². The zero-order valence-electron chi connectivity index (χ0n) is 10.0. The molecular weight excluding hydrogens is 282 g/mol. The summed E-state index contributed by atoms with van der Waals surface area (Å²) in [7, 11) is 0. The molecule has 1 rings (SSSR count). The van der Waals surface area contributed by atoms with Gasteiger partial charge in [0, 0.05) is 17.1 Å². The number of nitrogens with one attached hydrogen (secondary N) is 1. The first-order chi connectivity index (χ1) is 7.72. The van der Waals surface area contributed by atoms with Gasteiger partial charge in [0.15, 0.2) is 0 Å². The van der Waals surface area contributed by atoms with Crippen molar-refractivity contribution in [1.82, 2.24) is 5.32 Å². The van der Waals surface area contributed by atoms with Crippen LogP contribution in [-0.2, 0) is 6.54 Å². The third kappa shape index (κ3) is 5.92. The van der Waals surface area contributed by atoms with Gasteiger partial charge in [-0.15, -0.1) is 0 Å². The molecule has 1 unspecified atom stereocenters. The van der Waals surface area contributed by atoms with Crippen molar-refractivity contribution in [3.63, 3.8) is 0 Å². The predicted molar refractivity (Wildman–Crippen MR) is 78.1 cm³/mol. The van der Waals surface area contributed by atoms with Crippen LogP contribution in [0.15, 0.2) is 28.7 Å². The minimum absolute atomic E-state index is 0.595. The topological polar surface area (TPSA) is 12.0 Å². The molecule has 0 bridgehead atoms. The van der Waals surface area contributed by atoms with Crippen LogP contribution in [0.1, 0.15) is 25.8 Å². The first-order valence-electron chi connectivity index (χ1n) is 5.78. The standard InChI is InChI=1S/C13H20BrNS/c1-3-16-8-7-11(2)15-10-12-5-4-6-13(14)9-12/h4-6,9,11,15H,3,7-8,10H2,1-2H3. The molecule has 0 heterocycles. The molecule has 1 aromatic carbocycles. The maximum Gasteiger partial charge on any atom is 0.0208 e.